The number of carbonyl (C=O) groups is 1. The highest BCUT2D eigenvalue weighted by Gasteiger charge is 2.23. The van der Waals surface area contributed by atoms with Crippen molar-refractivity contribution in [1.29, 1.82) is 0 Å². The van der Waals surface area contributed by atoms with Crippen LogP contribution in [-0.2, 0) is 25.0 Å². The summed E-state index contributed by atoms with van der Waals surface area (Å²) in [7, 11) is 0.0259. The van der Waals surface area contributed by atoms with E-state index in [9.17, 15) is 14.3 Å². The van der Waals surface area contributed by atoms with Crippen molar-refractivity contribution < 1.29 is 27.8 Å². The largest absolute Gasteiger partial charge is 0.472 e. The van der Waals surface area contributed by atoms with Gasteiger partial charge in [0, 0.05) is 12.0 Å². The number of nitrogens with zero attached hydrogens (tertiary/aromatic N) is 1. The van der Waals surface area contributed by atoms with E-state index in [2.05, 4.69) is 12.1 Å². The van der Waals surface area contributed by atoms with Crippen LogP contribution in [0.5, 0.6) is 0 Å². The topological polar surface area (TPSA) is 72.8 Å². The zero-order chi connectivity index (χ0) is 17.3. The molecule has 1 unspecified atom stereocenters. The van der Waals surface area contributed by atoms with Crippen molar-refractivity contribution in [3.8, 4) is 0 Å². The molecular weight excluding hydrogens is 317 g/mol. The molecule has 0 spiro atoms. The first-order valence-electron chi connectivity index (χ1n) is 7.67. The highest BCUT2D eigenvalue weighted by atomic mass is 31.2. The fourth-order valence-corrected chi connectivity index (χ4v) is 2.85. The Bertz CT molecular complexity index is 533. The van der Waals surface area contributed by atoms with Crippen LogP contribution in [0.1, 0.15) is 25.3 Å². The molecule has 1 N–H and O–H groups in total. The van der Waals surface area contributed by atoms with Gasteiger partial charge in [-0.15, -0.1) is 0 Å². The number of phosphoric acid groups is 1. The van der Waals surface area contributed by atoms with E-state index in [1.54, 1.807) is 0 Å². The van der Waals surface area contributed by atoms with Gasteiger partial charge in [0.15, 0.2) is 0 Å². The minimum atomic E-state index is -4.04. The smallest absolute Gasteiger partial charge is 0.323 e. The van der Waals surface area contributed by atoms with Crippen molar-refractivity contribution >= 4 is 13.6 Å². The van der Waals surface area contributed by atoms with Crippen LogP contribution in [-0.4, -0.2) is 49.0 Å². The van der Waals surface area contributed by atoms with E-state index in [1.165, 1.54) is 12.5 Å². The van der Waals surface area contributed by atoms with E-state index >= 15 is 0 Å². The number of phosphoric ester groups is 1. The number of benzene rings is 1. The lowest BCUT2D eigenvalue weighted by molar-refractivity contribution is -0.903. The van der Waals surface area contributed by atoms with Crippen LogP contribution >= 0.6 is 7.82 Å². The molecule has 0 saturated heterocycles. The number of Topliss-reactive ketones (excluding diaryl/α,β-unsaturated/α-hetero) is 1. The molecule has 130 valence electrons. The molecule has 0 saturated carbocycles. The number of ketones is 1. The van der Waals surface area contributed by atoms with Crippen LogP contribution in [0, 0.1) is 0 Å². The predicted octanol–water partition coefficient (Wildman–Crippen LogP) is 2.77. The summed E-state index contributed by atoms with van der Waals surface area (Å²) in [6.07, 6.45) is 0.750. The Labute approximate surface area is 138 Å². The zero-order valence-electron chi connectivity index (χ0n) is 14.1. The van der Waals surface area contributed by atoms with Gasteiger partial charge in [0.25, 0.3) is 0 Å². The van der Waals surface area contributed by atoms with Gasteiger partial charge in [0.05, 0.1) is 20.7 Å². The number of likely N-dealkylation sites (N-methyl/N-ethyl adjacent to an activating group) is 1. The van der Waals surface area contributed by atoms with Crippen molar-refractivity contribution in [2.75, 3.05) is 33.9 Å². The quantitative estimate of drug-likeness (QED) is 0.380. The second-order valence-corrected chi connectivity index (χ2v) is 7.70. The number of hydrogen-bond donors (Lipinski definition) is 1. The van der Waals surface area contributed by atoms with Gasteiger partial charge in [-0.3, -0.25) is 9.05 Å². The van der Waals surface area contributed by atoms with Gasteiger partial charge in [0.1, 0.15) is 25.5 Å². The highest BCUT2D eigenvalue weighted by Crippen LogP contribution is 2.43. The minimum absolute atomic E-state index is 0.0299. The summed E-state index contributed by atoms with van der Waals surface area (Å²) in [5, 5.41) is 0. The Morgan fingerprint density at radius 1 is 1.17 bits per heavy atom. The maximum absolute atomic E-state index is 11.7. The SMILES string of the molecule is CC(=O)CCCOP(=O)(O)OCC[N+](C)(C)Cc1ccccc1. The number of hydrogen-bond acceptors (Lipinski definition) is 4. The van der Waals surface area contributed by atoms with Gasteiger partial charge in [-0.1, -0.05) is 30.3 Å². The lowest BCUT2D eigenvalue weighted by atomic mass is 10.2. The summed E-state index contributed by atoms with van der Waals surface area (Å²) in [5.74, 6) is 0.0299. The van der Waals surface area contributed by atoms with Crippen molar-refractivity contribution in [1.82, 2.24) is 0 Å². The molecule has 0 bridgehead atoms. The molecule has 0 heterocycles. The van der Waals surface area contributed by atoms with E-state index in [-0.39, 0.29) is 19.0 Å². The van der Waals surface area contributed by atoms with E-state index in [4.69, 9.17) is 9.05 Å². The van der Waals surface area contributed by atoms with Gasteiger partial charge >= 0.3 is 7.82 Å². The van der Waals surface area contributed by atoms with Gasteiger partial charge in [-0.2, -0.15) is 0 Å². The molecule has 1 atom stereocenters. The molecule has 1 rings (SSSR count). The Morgan fingerprint density at radius 2 is 1.78 bits per heavy atom. The molecule has 23 heavy (non-hydrogen) atoms. The third-order valence-corrected chi connectivity index (χ3v) is 4.35. The minimum Gasteiger partial charge on any atom is -0.323 e. The lowest BCUT2D eigenvalue weighted by Crippen LogP contribution is -2.41. The average Bonchev–Trinajstić information content (AvgIpc) is 2.43. The maximum atomic E-state index is 11.7. The van der Waals surface area contributed by atoms with E-state index in [0.717, 1.165) is 6.54 Å². The molecule has 7 heteroatoms. The highest BCUT2D eigenvalue weighted by molar-refractivity contribution is 7.47. The first-order valence-corrected chi connectivity index (χ1v) is 9.17. The van der Waals surface area contributed by atoms with Crippen LogP contribution in [0.15, 0.2) is 30.3 Å². The summed E-state index contributed by atoms with van der Waals surface area (Å²) in [4.78, 5) is 20.4. The van der Waals surface area contributed by atoms with Crippen LogP contribution in [0.2, 0.25) is 0 Å². The molecule has 0 aromatic heterocycles. The average molecular weight is 344 g/mol. The van der Waals surface area contributed by atoms with Gasteiger partial charge in [0.2, 0.25) is 0 Å². The fourth-order valence-electron chi connectivity index (χ4n) is 2.10. The van der Waals surface area contributed by atoms with E-state index in [0.29, 0.717) is 23.9 Å². The van der Waals surface area contributed by atoms with Crippen molar-refractivity contribution in [2.24, 2.45) is 0 Å². The summed E-state index contributed by atoms with van der Waals surface area (Å²) in [6, 6.07) is 10.1. The number of carbonyl (C=O) groups excluding carboxylic acids is 1. The molecule has 0 aliphatic rings. The predicted molar refractivity (Wildman–Crippen MR) is 88.8 cm³/mol. The third kappa shape index (κ3) is 9.64. The van der Waals surface area contributed by atoms with Crippen molar-refractivity contribution in [3.63, 3.8) is 0 Å². The van der Waals surface area contributed by atoms with Crippen molar-refractivity contribution in [2.45, 2.75) is 26.3 Å². The van der Waals surface area contributed by atoms with Crippen molar-refractivity contribution in [3.05, 3.63) is 35.9 Å². The summed E-state index contributed by atoms with van der Waals surface area (Å²) in [6.45, 7) is 3.02. The van der Waals surface area contributed by atoms with Gasteiger partial charge in [-0.05, 0) is 13.3 Å². The molecule has 1 aromatic rings. The molecule has 0 aliphatic heterocycles. The van der Waals surface area contributed by atoms with Gasteiger partial charge in [-0.25, -0.2) is 4.57 Å². The van der Waals surface area contributed by atoms with Crippen LogP contribution < -0.4 is 0 Å². The first-order chi connectivity index (χ1) is 10.7. The van der Waals surface area contributed by atoms with Crippen LogP contribution in [0.3, 0.4) is 0 Å². The van der Waals surface area contributed by atoms with Gasteiger partial charge < -0.3 is 14.2 Å². The molecule has 0 aliphatic carbocycles. The molecule has 0 radical (unpaired) electrons. The lowest BCUT2D eigenvalue weighted by Gasteiger charge is -2.30. The summed E-state index contributed by atoms with van der Waals surface area (Å²) < 4.78 is 22.2. The fraction of sp³-hybridized carbons (Fsp3) is 0.562. The monoisotopic (exact) mass is 344 g/mol. The van der Waals surface area contributed by atoms with Crippen LogP contribution in [0.25, 0.3) is 0 Å². The molecular formula is C16H27NO5P+. The number of rotatable bonds is 11. The van der Waals surface area contributed by atoms with Crippen LogP contribution in [0.4, 0.5) is 0 Å². The number of quaternary nitrogens is 1. The second-order valence-electron chi connectivity index (χ2n) is 6.24. The van der Waals surface area contributed by atoms with E-state index < -0.39 is 7.82 Å². The Morgan fingerprint density at radius 3 is 2.39 bits per heavy atom. The first kappa shape index (κ1) is 20.0. The maximum Gasteiger partial charge on any atom is 0.472 e. The zero-order valence-corrected chi connectivity index (χ0v) is 15.0. The Hall–Kier alpha value is -1.04. The standard InChI is InChI=1S/C16H26NO5P/c1-15(18)8-7-12-21-23(19,20)22-13-11-17(2,3)14-16-9-5-4-6-10-16/h4-6,9-10H,7-8,11-14H2,1-3H3/p+1. The molecule has 1 aromatic carbocycles. The Balaban J connectivity index is 2.30. The Kier molecular flexibility index (Phi) is 8.09. The molecule has 0 fully saturated rings. The van der Waals surface area contributed by atoms with E-state index in [1.807, 2.05) is 32.3 Å². The second kappa shape index (κ2) is 9.30. The summed E-state index contributed by atoms with van der Waals surface area (Å²) in [5.41, 5.74) is 1.20. The normalized spacial score (nSPS) is 14.4. The summed E-state index contributed by atoms with van der Waals surface area (Å²) >= 11 is 0. The molecule has 0 amide bonds. The third-order valence-electron chi connectivity index (χ3n) is 3.33. The molecule has 6 nitrogen and oxygen atoms in total.